The number of amides is 1. The summed E-state index contributed by atoms with van der Waals surface area (Å²) in [4.78, 5) is 13.7. The smallest absolute Gasteiger partial charge is 0.422 e. The second-order valence-electron chi connectivity index (χ2n) is 5.39. The number of carbonyl (C=O) groups excluding carboxylic acids is 1. The van der Waals surface area contributed by atoms with Crippen molar-refractivity contribution in [3.05, 3.63) is 40.9 Å². The van der Waals surface area contributed by atoms with E-state index in [1.165, 1.54) is 29.5 Å². The van der Waals surface area contributed by atoms with Crippen molar-refractivity contribution in [3.8, 4) is 5.75 Å². The second kappa shape index (κ2) is 6.40. The van der Waals surface area contributed by atoms with E-state index in [-0.39, 0.29) is 11.4 Å². The lowest BCUT2D eigenvalue weighted by atomic mass is 10.2. The fourth-order valence-corrected chi connectivity index (χ4v) is 3.37. The SMILES string of the molecule is Cc1nn(C)c2sc(C(=O)Nc3ccccc3OCC(F)(F)F)cc12. The number of alkyl halides is 3. The van der Waals surface area contributed by atoms with Crippen LogP contribution in [0, 0.1) is 6.92 Å². The maximum absolute atomic E-state index is 12.4. The summed E-state index contributed by atoms with van der Waals surface area (Å²) >= 11 is 1.26. The van der Waals surface area contributed by atoms with E-state index in [1.807, 2.05) is 6.92 Å². The first-order valence-electron chi connectivity index (χ1n) is 7.27. The summed E-state index contributed by atoms with van der Waals surface area (Å²) in [6, 6.07) is 7.73. The van der Waals surface area contributed by atoms with Crippen molar-refractivity contribution in [1.29, 1.82) is 0 Å². The minimum absolute atomic E-state index is 0.0351. The van der Waals surface area contributed by atoms with E-state index in [9.17, 15) is 18.0 Å². The first-order chi connectivity index (χ1) is 11.7. The molecule has 3 aromatic rings. The maximum atomic E-state index is 12.4. The number of benzene rings is 1. The molecule has 3 rings (SSSR count). The number of aromatic nitrogens is 2. The van der Waals surface area contributed by atoms with Gasteiger partial charge in [0.1, 0.15) is 10.6 Å². The van der Waals surface area contributed by atoms with E-state index in [4.69, 9.17) is 4.74 Å². The van der Waals surface area contributed by atoms with Crippen molar-refractivity contribution >= 4 is 33.1 Å². The molecule has 0 radical (unpaired) electrons. The van der Waals surface area contributed by atoms with E-state index in [2.05, 4.69) is 10.4 Å². The number of anilines is 1. The van der Waals surface area contributed by atoms with Gasteiger partial charge in [0.2, 0.25) is 0 Å². The Kier molecular flexibility index (Phi) is 4.42. The van der Waals surface area contributed by atoms with Crippen LogP contribution in [0.2, 0.25) is 0 Å². The van der Waals surface area contributed by atoms with Crippen molar-refractivity contribution < 1.29 is 22.7 Å². The molecule has 0 bridgehead atoms. The fraction of sp³-hybridized carbons (Fsp3) is 0.250. The van der Waals surface area contributed by atoms with Gasteiger partial charge < -0.3 is 10.1 Å². The number of rotatable bonds is 4. The highest BCUT2D eigenvalue weighted by Crippen LogP contribution is 2.30. The normalized spacial score (nSPS) is 11.7. The number of para-hydroxylation sites is 2. The molecule has 0 atom stereocenters. The van der Waals surface area contributed by atoms with Gasteiger partial charge in [-0.05, 0) is 25.1 Å². The Morgan fingerprint density at radius 3 is 2.76 bits per heavy atom. The number of thiophene rings is 1. The molecule has 0 fully saturated rings. The van der Waals surface area contributed by atoms with Gasteiger partial charge in [-0.25, -0.2) is 0 Å². The number of nitrogens with one attached hydrogen (secondary N) is 1. The van der Waals surface area contributed by atoms with Gasteiger partial charge in [-0.1, -0.05) is 12.1 Å². The number of nitrogens with zero attached hydrogens (tertiary/aromatic N) is 2. The monoisotopic (exact) mass is 369 g/mol. The Morgan fingerprint density at radius 1 is 1.36 bits per heavy atom. The average molecular weight is 369 g/mol. The van der Waals surface area contributed by atoms with Gasteiger partial charge >= 0.3 is 6.18 Å². The Morgan fingerprint density at radius 2 is 2.08 bits per heavy atom. The zero-order valence-electron chi connectivity index (χ0n) is 13.3. The largest absolute Gasteiger partial charge is 0.482 e. The summed E-state index contributed by atoms with van der Waals surface area (Å²) in [5, 5.41) is 7.74. The van der Waals surface area contributed by atoms with Gasteiger partial charge in [0, 0.05) is 12.4 Å². The third-order valence-corrected chi connectivity index (χ3v) is 4.65. The maximum Gasteiger partial charge on any atom is 0.422 e. The van der Waals surface area contributed by atoms with Crippen LogP contribution in [0.3, 0.4) is 0 Å². The first kappa shape index (κ1) is 17.3. The van der Waals surface area contributed by atoms with Gasteiger partial charge in [0.15, 0.2) is 6.61 Å². The van der Waals surface area contributed by atoms with Crippen LogP contribution in [-0.4, -0.2) is 28.5 Å². The zero-order valence-corrected chi connectivity index (χ0v) is 14.2. The van der Waals surface area contributed by atoms with E-state index in [0.717, 1.165) is 15.9 Å². The number of ether oxygens (including phenoxy) is 1. The summed E-state index contributed by atoms with van der Waals surface area (Å²) < 4.78 is 43.5. The van der Waals surface area contributed by atoms with Gasteiger partial charge in [0.05, 0.1) is 16.3 Å². The fourth-order valence-electron chi connectivity index (χ4n) is 2.36. The second-order valence-corrected chi connectivity index (χ2v) is 6.42. The minimum Gasteiger partial charge on any atom is -0.482 e. The van der Waals surface area contributed by atoms with Crippen LogP contribution in [0.25, 0.3) is 10.2 Å². The molecule has 0 aliphatic heterocycles. The van der Waals surface area contributed by atoms with Crippen LogP contribution in [0.5, 0.6) is 5.75 Å². The molecule has 25 heavy (non-hydrogen) atoms. The Balaban J connectivity index is 1.81. The molecule has 1 amide bonds. The molecule has 0 saturated heterocycles. The van der Waals surface area contributed by atoms with E-state index in [0.29, 0.717) is 4.88 Å². The number of hydrogen-bond acceptors (Lipinski definition) is 4. The molecule has 1 N–H and O–H groups in total. The lowest BCUT2D eigenvalue weighted by Gasteiger charge is -2.13. The third kappa shape index (κ3) is 3.76. The lowest BCUT2D eigenvalue weighted by molar-refractivity contribution is -0.153. The third-order valence-electron chi connectivity index (χ3n) is 3.45. The summed E-state index contributed by atoms with van der Waals surface area (Å²) in [5.74, 6) is -0.448. The van der Waals surface area contributed by atoms with Crippen molar-refractivity contribution in [3.63, 3.8) is 0 Å². The quantitative estimate of drug-likeness (QED) is 0.752. The summed E-state index contributed by atoms with van der Waals surface area (Å²) in [5.41, 5.74) is 0.991. The summed E-state index contributed by atoms with van der Waals surface area (Å²) in [6.07, 6.45) is -4.45. The number of hydrogen-bond donors (Lipinski definition) is 1. The number of aryl methyl sites for hydroxylation is 2. The molecule has 0 saturated carbocycles. The van der Waals surface area contributed by atoms with Gasteiger partial charge in [-0.2, -0.15) is 18.3 Å². The molecule has 9 heteroatoms. The molecular formula is C16H14F3N3O2S. The van der Waals surface area contributed by atoms with Crippen molar-refractivity contribution in [2.45, 2.75) is 13.1 Å². The van der Waals surface area contributed by atoms with Gasteiger partial charge in [-0.15, -0.1) is 11.3 Å². The standard InChI is InChI=1S/C16H14F3N3O2S/c1-9-10-7-13(25-15(10)22(2)21-9)14(23)20-11-5-3-4-6-12(11)24-8-16(17,18)19/h3-7H,8H2,1-2H3,(H,20,23). The molecule has 2 heterocycles. The van der Waals surface area contributed by atoms with Crippen LogP contribution < -0.4 is 10.1 Å². The Bertz CT molecular complexity index is 896. The van der Waals surface area contributed by atoms with Gasteiger partial charge in [0.25, 0.3) is 5.91 Å². The summed E-state index contributed by atoms with van der Waals surface area (Å²) in [7, 11) is 1.79. The Hall–Kier alpha value is -2.55. The predicted octanol–water partition coefficient (Wildman–Crippen LogP) is 4.14. The highest BCUT2D eigenvalue weighted by atomic mass is 32.1. The molecule has 132 valence electrons. The van der Waals surface area contributed by atoms with E-state index >= 15 is 0 Å². The molecule has 2 aromatic heterocycles. The number of carbonyl (C=O) groups is 1. The highest BCUT2D eigenvalue weighted by molar-refractivity contribution is 7.20. The molecule has 5 nitrogen and oxygen atoms in total. The molecule has 0 unspecified atom stereocenters. The van der Waals surface area contributed by atoms with Crippen LogP contribution >= 0.6 is 11.3 Å². The van der Waals surface area contributed by atoms with Crippen molar-refractivity contribution in [2.75, 3.05) is 11.9 Å². The van der Waals surface area contributed by atoms with Crippen LogP contribution in [0.15, 0.2) is 30.3 Å². The van der Waals surface area contributed by atoms with E-state index < -0.39 is 18.7 Å². The van der Waals surface area contributed by atoms with Gasteiger partial charge in [-0.3, -0.25) is 9.48 Å². The first-order valence-corrected chi connectivity index (χ1v) is 8.09. The van der Waals surface area contributed by atoms with Crippen molar-refractivity contribution in [1.82, 2.24) is 9.78 Å². The molecule has 0 spiro atoms. The molecule has 0 aliphatic rings. The minimum atomic E-state index is -4.45. The number of fused-ring (bicyclic) bond motifs is 1. The molecule has 1 aromatic carbocycles. The topological polar surface area (TPSA) is 56.2 Å². The van der Waals surface area contributed by atoms with Crippen LogP contribution in [0.4, 0.5) is 18.9 Å². The Labute approximate surface area is 145 Å². The molecule has 0 aliphatic carbocycles. The zero-order chi connectivity index (χ0) is 18.2. The van der Waals surface area contributed by atoms with E-state index in [1.54, 1.807) is 23.9 Å². The van der Waals surface area contributed by atoms with Crippen LogP contribution in [0.1, 0.15) is 15.4 Å². The average Bonchev–Trinajstić information content (AvgIpc) is 3.08. The van der Waals surface area contributed by atoms with Crippen LogP contribution in [-0.2, 0) is 7.05 Å². The summed E-state index contributed by atoms with van der Waals surface area (Å²) in [6.45, 7) is 0.421. The molecular weight excluding hydrogens is 355 g/mol. The predicted molar refractivity (Wildman–Crippen MR) is 89.3 cm³/mol. The highest BCUT2D eigenvalue weighted by Gasteiger charge is 2.29. The van der Waals surface area contributed by atoms with Crippen molar-refractivity contribution in [2.24, 2.45) is 7.05 Å². The number of halogens is 3. The lowest BCUT2D eigenvalue weighted by Crippen LogP contribution is -2.20.